The van der Waals surface area contributed by atoms with E-state index >= 15 is 0 Å². The number of benzene rings is 3. The second-order valence-corrected chi connectivity index (χ2v) is 8.85. The Balaban J connectivity index is 1.91. The molecule has 152 valence electrons. The van der Waals surface area contributed by atoms with Crippen molar-refractivity contribution in [1.29, 1.82) is 0 Å². The van der Waals surface area contributed by atoms with E-state index in [0.29, 0.717) is 5.56 Å². The van der Waals surface area contributed by atoms with Gasteiger partial charge in [0.25, 0.3) is 0 Å². The van der Waals surface area contributed by atoms with E-state index in [9.17, 15) is 28.2 Å². The fourth-order valence-electron chi connectivity index (χ4n) is 3.51. The van der Waals surface area contributed by atoms with Crippen molar-refractivity contribution in [3.8, 4) is 5.75 Å². The van der Waals surface area contributed by atoms with Crippen LogP contribution in [0.3, 0.4) is 0 Å². The highest BCUT2D eigenvalue weighted by molar-refractivity contribution is 7.91. The Morgan fingerprint density at radius 1 is 0.900 bits per heavy atom. The van der Waals surface area contributed by atoms with E-state index in [-0.39, 0.29) is 44.3 Å². The summed E-state index contributed by atoms with van der Waals surface area (Å²) < 4.78 is 24.5. The Labute approximate surface area is 172 Å². The van der Waals surface area contributed by atoms with Crippen molar-refractivity contribution in [3.63, 3.8) is 0 Å². The molecule has 30 heavy (non-hydrogen) atoms. The van der Waals surface area contributed by atoms with Crippen LogP contribution >= 0.6 is 0 Å². The van der Waals surface area contributed by atoms with E-state index in [0.717, 1.165) is 0 Å². The third kappa shape index (κ3) is 3.06. The molecule has 1 aliphatic carbocycles. The number of rotatable bonds is 4. The molecule has 0 aliphatic heterocycles. The van der Waals surface area contributed by atoms with Crippen molar-refractivity contribution in [2.45, 2.75) is 11.8 Å². The Bertz CT molecular complexity index is 1330. The Hall–Kier alpha value is -3.49. The monoisotopic (exact) mass is 422 g/mol. The molecule has 8 heteroatoms. The number of aryl methyl sites for hydroxylation is 1. The predicted octanol–water partition coefficient (Wildman–Crippen LogP) is 2.31. The number of carbonyl (C=O) groups is 2. The Kier molecular flexibility index (Phi) is 4.68. The van der Waals surface area contributed by atoms with Gasteiger partial charge in [0.05, 0.1) is 27.4 Å². The lowest BCUT2D eigenvalue weighted by molar-refractivity contribution is -0.340. The summed E-state index contributed by atoms with van der Waals surface area (Å²) >= 11 is 0. The van der Waals surface area contributed by atoms with Gasteiger partial charge in [0.15, 0.2) is 21.4 Å². The van der Waals surface area contributed by atoms with E-state index in [1.807, 2.05) is 0 Å². The minimum Gasteiger partial charge on any atom is -0.843 e. The molecule has 0 atom stereocenters. The summed E-state index contributed by atoms with van der Waals surface area (Å²) in [5.74, 6) is -2.65. The highest BCUT2D eigenvalue weighted by Crippen LogP contribution is 2.38. The number of carbonyl (C=O) groups excluding carboxylic acids is 2. The quantitative estimate of drug-likeness (QED) is 0.484. The molecule has 0 amide bonds. The number of phenolic OH excluding ortho intramolecular Hbond substituents is 1. The lowest BCUT2D eigenvalue weighted by atomic mass is 9.82. The van der Waals surface area contributed by atoms with Crippen LogP contribution in [0.15, 0.2) is 59.5 Å². The van der Waals surface area contributed by atoms with Crippen molar-refractivity contribution < 1.29 is 28.2 Å². The largest absolute Gasteiger partial charge is 0.843 e. The minimum absolute atomic E-state index is 0.0512. The highest BCUT2D eigenvalue weighted by atomic mass is 32.2. The predicted molar refractivity (Wildman–Crippen MR) is 108 cm³/mol. The third-order valence-electron chi connectivity index (χ3n) is 4.95. The molecule has 3 aromatic carbocycles. The van der Waals surface area contributed by atoms with E-state index in [1.165, 1.54) is 36.4 Å². The lowest BCUT2D eigenvalue weighted by Gasteiger charge is -2.22. The highest BCUT2D eigenvalue weighted by Gasteiger charge is 2.34. The molecule has 0 fully saturated rings. The van der Waals surface area contributed by atoms with Gasteiger partial charge in [-0.2, -0.15) is 0 Å². The molecule has 0 heterocycles. The SMILES string of the molecule is Cc1ccc(Nc2ccc(O)c3c2C(=O)c2ccccc2C3=O)c(S(=O)(=O)C[O-])c1. The number of phenols is 1. The first-order valence-electron chi connectivity index (χ1n) is 8.97. The third-order valence-corrected chi connectivity index (χ3v) is 6.27. The zero-order valence-corrected chi connectivity index (χ0v) is 16.6. The van der Waals surface area contributed by atoms with E-state index < -0.39 is 27.3 Å². The maximum atomic E-state index is 13.1. The van der Waals surface area contributed by atoms with Gasteiger partial charge in [-0.1, -0.05) is 30.3 Å². The van der Waals surface area contributed by atoms with Gasteiger partial charge in [-0.25, -0.2) is 8.42 Å². The zero-order valence-electron chi connectivity index (χ0n) is 15.8. The average molecular weight is 422 g/mol. The second-order valence-electron chi connectivity index (χ2n) is 6.94. The van der Waals surface area contributed by atoms with Gasteiger partial charge in [-0.3, -0.25) is 9.59 Å². The standard InChI is InChI=1S/C22H16NO6S/c1-12-6-7-15(18(10-12)30(28,29)11-24)23-16-8-9-17(25)20-19(16)21(26)13-4-2-3-5-14(13)22(20)27/h2-10,23,25H,11H2,1H3/q-1. The molecular weight excluding hydrogens is 406 g/mol. The van der Waals surface area contributed by atoms with E-state index in [4.69, 9.17) is 0 Å². The van der Waals surface area contributed by atoms with Crippen LogP contribution in [-0.4, -0.2) is 31.0 Å². The number of hydrogen-bond donors (Lipinski definition) is 2. The number of nitrogens with one attached hydrogen (secondary N) is 1. The fourth-order valence-corrected chi connectivity index (χ4v) is 4.46. The molecule has 0 bridgehead atoms. The van der Waals surface area contributed by atoms with Crippen LogP contribution < -0.4 is 10.4 Å². The van der Waals surface area contributed by atoms with Crippen LogP contribution in [0.2, 0.25) is 0 Å². The molecule has 2 N–H and O–H groups in total. The van der Waals surface area contributed by atoms with Gasteiger partial charge < -0.3 is 15.5 Å². The Morgan fingerprint density at radius 3 is 2.13 bits per heavy atom. The van der Waals surface area contributed by atoms with Crippen molar-refractivity contribution in [3.05, 3.63) is 82.4 Å². The molecule has 4 rings (SSSR count). The van der Waals surface area contributed by atoms with Crippen LogP contribution in [0, 0.1) is 6.92 Å². The maximum Gasteiger partial charge on any atom is 0.198 e. The lowest BCUT2D eigenvalue weighted by Crippen LogP contribution is -2.23. The molecule has 3 aromatic rings. The summed E-state index contributed by atoms with van der Waals surface area (Å²) in [6.45, 7) is 1.69. The van der Waals surface area contributed by atoms with Crippen molar-refractivity contribution >= 4 is 32.8 Å². The van der Waals surface area contributed by atoms with Crippen LogP contribution in [0.4, 0.5) is 11.4 Å². The minimum atomic E-state index is -4.09. The van der Waals surface area contributed by atoms with Crippen LogP contribution in [-0.2, 0) is 9.84 Å². The number of fused-ring (bicyclic) bond motifs is 2. The maximum absolute atomic E-state index is 13.1. The van der Waals surface area contributed by atoms with Gasteiger partial charge >= 0.3 is 0 Å². The summed E-state index contributed by atoms with van der Waals surface area (Å²) in [6, 6.07) is 13.4. The van der Waals surface area contributed by atoms with Gasteiger partial charge in [0, 0.05) is 11.1 Å². The van der Waals surface area contributed by atoms with Crippen molar-refractivity contribution in [2.75, 3.05) is 11.3 Å². The van der Waals surface area contributed by atoms with Crippen molar-refractivity contribution in [2.24, 2.45) is 0 Å². The summed E-state index contributed by atoms with van der Waals surface area (Å²) in [5, 5.41) is 24.4. The molecule has 7 nitrogen and oxygen atoms in total. The van der Waals surface area contributed by atoms with E-state index in [2.05, 4.69) is 5.32 Å². The zero-order chi connectivity index (χ0) is 21.6. The first-order valence-corrected chi connectivity index (χ1v) is 10.6. The van der Waals surface area contributed by atoms with Crippen molar-refractivity contribution in [1.82, 2.24) is 0 Å². The van der Waals surface area contributed by atoms with E-state index in [1.54, 1.807) is 25.1 Å². The number of aromatic hydroxyl groups is 1. The molecule has 0 unspecified atom stereocenters. The molecule has 0 aromatic heterocycles. The fraction of sp³-hybridized carbons (Fsp3) is 0.0909. The summed E-state index contributed by atoms with van der Waals surface area (Å²) in [6.07, 6.45) is 0. The van der Waals surface area contributed by atoms with Gasteiger partial charge in [0.1, 0.15) is 5.75 Å². The average Bonchev–Trinajstić information content (AvgIpc) is 2.74. The van der Waals surface area contributed by atoms with Gasteiger partial charge in [-0.15, -0.1) is 0 Å². The normalized spacial score (nSPS) is 13.0. The number of hydrogen-bond acceptors (Lipinski definition) is 7. The molecule has 0 saturated carbocycles. The summed E-state index contributed by atoms with van der Waals surface area (Å²) in [7, 11) is -4.09. The first kappa shape index (κ1) is 19.8. The molecule has 1 aliphatic rings. The molecule has 0 spiro atoms. The molecule has 0 saturated heterocycles. The van der Waals surface area contributed by atoms with Crippen LogP contribution in [0.5, 0.6) is 5.75 Å². The summed E-state index contributed by atoms with van der Waals surface area (Å²) in [4.78, 5) is 25.9. The smallest absolute Gasteiger partial charge is 0.198 e. The summed E-state index contributed by atoms with van der Waals surface area (Å²) in [5.41, 5.74) is 1.08. The second kappa shape index (κ2) is 7.08. The molecular formula is C22H16NO6S-. The van der Waals surface area contributed by atoms with Gasteiger partial charge in [0.2, 0.25) is 0 Å². The number of ketones is 2. The topological polar surface area (TPSA) is 124 Å². The number of anilines is 2. The number of sulfone groups is 1. The first-order chi connectivity index (χ1) is 14.2. The molecule has 0 radical (unpaired) electrons. The van der Waals surface area contributed by atoms with Crippen LogP contribution in [0.1, 0.15) is 37.4 Å². The van der Waals surface area contributed by atoms with Crippen LogP contribution in [0.25, 0.3) is 0 Å². The Morgan fingerprint density at radius 2 is 1.50 bits per heavy atom. The van der Waals surface area contributed by atoms with Gasteiger partial charge in [-0.05, 0) is 42.7 Å².